The van der Waals surface area contributed by atoms with Crippen LogP contribution in [0.5, 0.6) is 0 Å². The monoisotopic (exact) mass is 594 g/mol. The summed E-state index contributed by atoms with van der Waals surface area (Å²) in [5.41, 5.74) is 7.69. The second-order valence-electron chi connectivity index (χ2n) is 9.45. The molecule has 5 aromatic carbocycles. The van der Waals surface area contributed by atoms with Gasteiger partial charge in [-0.15, -0.1) is 69.1 Å². The molecule has 0 fully saturated rings. The molecule has 0 heterocycles. The fourth-order valence-electron chi connectivity index (χ4n) is 4.08. The molecule has 0 nitrogen and oxygen atoms in total. The number of benzene rings is 3. The van der Waals surface area contributed by atoms with Gasteiger partial charge < -0.3 is 0 Å². The van der Waals surface area contributed by atoms with Gasteiger partial charge in [-0.1, -0.05) is 36.1 Å². The maximum atomic E-state index is 5.97. The van der Waals surface area contributed by atoms with E-state index in [4.69, 9.17) is 17.0 Å². The molecule has 0 spiro atoms. The Morgan fingerprint density at radius 1 is 0.600 bits per heavy atom. The van der Waals surface area contributed by atoms with Crippen molar-refractivity contribution in [2.24, 2.45) is 0 Å². The molecular formula is C31H34Cl2SiZr-2. The molecule has 182 valence electrons. The molecule has 4 heteroatoms. The van der Waals surface area contributed by atoms with Crippen LogP contribution >= 0.6 is 17.0 Å². The topological polar surface area (TPSA) is 0 Å². The Kier molecular flexibility index (Phi) is 10.2. The second-order valence-corrected chi connectivity index (χ2v) is 30.4. The smallest absolute Gasteiger partial charge is 0.0411 e. The molecule has 5 rings (SSSR count). The van der Waals surface area contributed by atoms with Crippen molar-refractivity contribution >= 4 is 49.2 Å². The number of rotatable bonds is 1. The van der Waals surface area contributed by atoms with Crippen LogP contribution in [0.15, 0.2) is 78.9 Å². The van der Waals surface area contributed by atoms with Crippen LogP contribution in [0.1, 0.15) is 33.4 Å². The Morgan fingerprint density at radius 2 is 1.00 bits per heavy atom. The maximum Gasteiger partial charge on any atom is -0.0411 e. The summed E-state index contributed by atoms with van der Waals surface area (Å²) in [7, 11) is 11.9. The fourth-order valence-corrected chi connectivity index (χ4v) is 11.7. The standard InChI is InChI=1S/2C12H13.C7H8Si.2ClH.Zr/c2*1-8-4-11-6-9(2)10(3)7-12(11)5-8;1-8-7-5-3-2-4-6-7;;;/h2*4-7H,1-3H3;2-6H,1H3;2*1H;/q2*-1;;;;+2/p-2. The number of hydrogen-bond donors (Lipinski definition) is 0. The van der Waals surface area contributed by atoms with Crippen LogP contribution in [0.3, 0.4) is 0 Å². The molecular weight excluding hydrogens is 563 g/mol. The summed E-state index contributed by atoms with van der Waals surface area (Å²) >= 11 is -1.95. The van der Waals surface area contributed by atoms with Crippen molar-refractivity contribution in [2.45, 2.75) is 48.1 Å². The van der Waals surface area contributed by atoms with Crippen molar-refractivity contribution in [1.82, 2.24) is 0 Å². The fraction of sp³-hybridized carbons (Fsp3) is 0.226. The minimum Gasteiger partial charge on any atom is -0.165 e. The molecule has 0 radical (unpaired) electrons. The third-order valence-corrected chi connectivity index (χ3v) is 24.6. The summed E-state index contributed by atoms with van der Waals surface area (Å²) in [6.45, 7) is 15.1. The van der Waals surface area contributed by atoms with Gasteiger partial charge >= 0.3 is 82.5 Å². The van der Waals surface area contributed by atoms with Crippen LogP contribution in [0, 0.1) is 41.5 Å². The van der Waals surface area contributed by atoms with E-state index in [0.717, 1.165) is 0 Å². The van der Waals surface area contributed by atoms with E-state index in [9.17, 15) is 0 Å². The van der Waals surface area contributed by atoms with Crippen LogP contribution in [0.2, 0.25) is 6.55 Å². The predicted octanol–water partition coefficient (Wildman–Crippen LogP) is 9.41. The predicted molar refractivity (Wildman–Crippen MR) is 157 cm³/mol. The van der Waals surface area contributed by atoms with Gasteiger partial charge in [-0.3, -0.25) is 0 Å². The average molecular weight is 597 g/mol. The Morgan fingerprint density at radius 3 is 1.40 bits per heavy atom. The molecule has 0 N–H and O–H groups in total. The second kappa shape index (κ2) is 12.7. The normalized spacial score (nSPS) is 10.4. The average Bonchev–Trinajstić information content (AvgIpc) is 3.35. The van der Waals surface area contributed by atoms with Gasteiger partial charge in [-0.05, 0) is 27.7 Å². The molecule has 35 heavy (non-hydrogen) atoms. The van der Waals surface area contributed by atoms with Crippen molar-refractivity contribution in [3.8, 4) is 0 Å². The minimum absolute atomic E-state index is 0.557. The third kappa shape index (κ3) is 7.77. The molecule has 0 aliphatic heterocycles. The minimum atomic E-state index is -1.95. The molecule has 5 aromatic rings. The largest absolute Gasteiger partial charge is 0.165 e. The molecule has 0 unspecified atom stereocenters. The Balaban J connectivity index is 0.000000147. The molecule has 0 amide bonds. The van der Waals surface area contributed by atoms with Crippen LogP contribution in [0.25, 0.3) is 21.5 Å². The number of aryl methyl sites for hydroxylation is 6. The van der Waals surface area contributed by atoms with Gasteiger partial charge in [0.05, 0.1) is 0 Å². The van der Waals surface area contributed by atoms with Gasteiger partial charge in [-0.2, -0.15) is 12.1 Å². The number of halogens is 2. The van der Waals surface area contributed by atoms with Crippen LogP contribution in [-0.4, -0.2) is 5.43 Å². The van der Waals surface area contributed by atoms with Gasteiger partial charge in [0.25, 0.3) is 0 Å². The molecule has 0 saturated carbocycles. The first-order valence-corrected chi connectivity index (χ1v) is 23.9. The maximum absolute atomic E-state index is 5.97. The van der Waals surface area contributed by atoms with E-state index in [1.165, 1.54) is 60.1 Å². The molecule has 0 aliphatic carbocycles. The third-order valence-electron chi connectivity index (χ3n) is 6.42. The summed E-state index contributed by atoms with van der Waals surface area (Å²) in [5.74, 6) is 0. The molecule has 0 aromatic heterocycles. The Bertz CT molecular complexity index is 1310. The van der Waals surface area contributed by atoms with Crippen LogP contribution in [0.4, 0.5) is 0 Å². The molecule has 0 aliphatic rings. The number of hydrogen-bond acceptors (Lipinski definition) is 0. The van der Waals surface area contributed by atoms with Crippen molar-refractivity contribution in [1.29, 1.82) is 0 Å². The van der Waals surface area contributed by atoms with E-state index in [-0.39, 0.29) is 0 Å². The van der Waals surface area contributed by atoms with Gasteiger partial charge in [0.1, 0.15) is 0 Å². The van der Waals surface area contributed by atoms with Crippen molar-refractivity contribution in [3.63, 3.8) is 0 Å². The first kappa shape index (κ1) is 28.1. The zero-order valence-corrected chi connectivity index (χ0v) is 26.7. The van der Waals surface area contributed by atoms with E-state index in [0.29, 0.717) is 0 Å². The van der Waals surface area contributed by atoms with Gasteiger partial charge in [0.2, 0.25) is 0 Å². The SMILES string of the molecule is C[Si](c1ccccc1)=[Zr]([Cl])[Cl].Cc1cc2cc(C)c(C)cc2[cH-]1.Cc1cc2cc(C)c(C)cc2[cH-]1. The summed E-state index contributed by atoms with van der Waals surface area (Å²) in [4.78, 5) is 0. The van der Waals surface area contributed by atoms with Crippen molar-refractivity contribution in [3.05, 3.63) is 112 Å². The molecule has 0 bridgehead atoms. The molecule has 0 saturated heterocycles. The summed E-state index contributed by atoms with van der Waals surface area (Å²) in [6.07, 6.45) is 0. The summed E-state index contributed by atoms with van der Waals surface area (Å²) in [5, 5.41) is 6.86. The summed E-state index contributed by atoms with van der Waals surface area (Å²) < 4.78 is 0. The van der Waals surface area contributed by atoms with E-state index in [1.54, 1.807) is 0 Å². The quantitative estimate of drug-likeness (QED) is 0.134. The Labute approximate surface area is 225 Å². The van der Waals surface area contributed by atoms with Crippen molar-refractivity contribution < 1.29 is 18.0 Å². The van der Waals surface area contributed by atoms with E-state index in [1.807, 2.05) is 18.2 Å². The number of fused-ring (bicyclic) bond motifs is 2. The Hall–Kier alpha value is -1.44. The van der Waals surface area contributed by atoms with Gasteiger partial charge in [0, 0.05) is 0 Å². The molecule has 0 atom stereocenters. The first-order chi connectivity index (χ1) is 16.5. The summed E-state index contributed by atoms with van der Waals surface area (Å²) in [6, 6.07) is 28.4. The van der Waals surface area contributed by atoms with Crippen molar-refractivity contribution in [2.75, 3.05) is 0 Å². The zero-order chi connectivity index (χ0) is 25.7. The van der Waals surface area contributed by atoms with E-state index >= 15 is 0 Å². The van der Waals surface area contributed by atoms with Gasteiger partial charge in [0.15, 0.2) is 0 Å². The van der Waals surface area contributed by atoms with Crippen LogP contribution < -0.4 is 5.19 Å². The zero-order valence-electron chi connectivity index (χ0n) is 21.8. The van der Waals surface area contributed by atoms with E-state index in [2.05, 4.69) is 109 Å². The van der Waals surface area contributed by atoms with E-state index < -0.39 is 23.4 Å². The first-order valence-electron chi connectivity index (χ1n) is 11.9. The van der Waals surface area contributed by atoms with Gasteiger partial charge in [-0.25, -0.2) is 0 Å². The van der Waals surface area contributed by atoms with Crippen LogP contribution in [-0.2, 0) is 18.0 Å².